The minimum Gasteiger partial charge on any atom is -0.0584 e. The molecule has 0 aromatic heterocycles. The molecule has 0 spiro atoms. The molecule has 0 aliphatic rings. The van der Waals surface area contributed by atoms with Gasteiger partial charge in [-0.3, -0.25) is 0 Å². The molecule has 0 aliphatic carbocycles. The Balaban J connectivity index is 3.21. The number of hydrogen-bond donors (Lipinski definition) is 0. The molecular formula is C9H8I3. The van der Waals surface area contributed by atoms with Crippen LogP contribution in [0.25, 0.3) is 0 Å². The fraction of sp³-hybridized carbons (Fsp3) is 0.222. The van der Waals surface area contributed by atoms with Gasteiger partial charge in [0.2, 0.25) is 0 Å². The van der Waals surface area contributed by atoms with Crippen LogP contribution < -0.4 is 0 Å². The van der Waals surface area contributed by atoms with Crippen LogP contribution in [0, 0.1) is 17.6 Å². The highest BCUT2D eigenvalue weighted by atomic mass is 127. The monoisotopic (exact) mass is 497 g/mol. The summed E-state index contributed by atoms with van der Waals surface area (Å²) >= 11 is 7.11. The second-order valence-electron chi connectivity index (χ2n) is 2.70. The molecule has 0 N–H and O–H groups in total. The largest absolute Gasteiger partial charge is 0.0584 e. The first kappa shape index (κ1) is 11.5. The number of benzene rings is 1. The maximum atomic E-state index is 4.01. The Bertz CT molecular complexity index is 269. The van der Waals surface area contributed by atoms with Crippen molar-refractivity contribution in [2.75, 3.05) is 0 Å². The summed E-state index contributed by atoms with van der Waals surface area (Å²) in [5.74, 6) is 0.379. The fourth-order valence-electron chi connectivity index (χ4n) is 0.860. The molecule has 65 valence electrons. The lowest BCUT2D eigenvalue weighted by atomic mass is 10.0. The third-order valence-electron chi connectivity index (χ3n) is 1.58. The van der Waals surface area contributed by atoms with E-state index in [2.05, 4.69) is 93.8 Å². The summed E-state index contributed by atoms with van der Waals surface area (Å²) in [7, 11) is 0. The Morgan fingerprint density at radius 2 is 1.58 bits per heavy atom. The number of rotatable bonds is 1. The van der Waals surface area contributed by atoms with Crippen LogP contribution in [0.3, 0.4) is 0 Å². The predicted molar refractivity (Wildman–Crippen MR) is 78.4 cm³/mol. The SMILES string of the molecule is [CH2]C(C)c1cc(I)c(I)c(I)c1. The number of halogens is 3. The van der Waals surface area contributed by atoms with E-state index in [1.54, 1.807) is 0 Å². The summed E-state index contributed by atoms with van der Waals surface area (Å²) in [5, 5.41) is 0. The van der Waals surface area contributed by atoms with Crippen molar-refractivity contribution < 1.29 is 0 Å². The maximum absolute atomic E-state index is 4.01. The first-order valence-electron chi connectivity index (χ1n) is 3.50. The van der Waals surface area contributed by atoms with Gasteiger partial charge < -0.3 is 0 Å². The maximum Gasteiger partial charge on any atom is 0.0397 e. The molecule has 0 amide bonds. The van der Waals surface area contributed by atoms with Gasteiger partial charge in [-0.1, -0.05) is 6.92 Å². The summed E-state index contributed by atoms with van der Waals surface area (Å²) < 4.78 is 3.99. The van der Waals surface area contributed by atoms with Crippen molar-refractivity contribution in [2.24, 2.45) is 0 Å². The van der Waals surface area contributed by atoms with Crippen molar-refractivity contribution in [3.63, 3.8) is 0 Å². The van der Waals surface area contributed by atoms with E-state index in [4.69, 9.17) is 0 Å². The molecule has 0 aliphatic heterocycles. The molecule has 0 heterocycles. The van der Waals surface area contributed by atoms with E-state index in [1.165, 1.54) is 16.3 Å². The average molecular weight is 497 g/mol. The van der Waals surface area contributed by atoms with Crippen LogP contribution in [0.2, 0.25) is 0 Å². The molecule has 1 unspecified atom stereocenters. The second kappa shape index (κ2) is 4.77. The Kier molecular flexibility index (Phi) is 4.56. The lowest BCUT2D eigenvalue weighted by Gasteiger charge is -2.08. The van der Waals surface area contributed by atoms with Crippen LogP contribution in [-0.2, 0) is 0 Å². The summed E-state index contributed by atoms with van der Waals surface area (Å²) in [6, 6.07) is 4.42. The zero-order chi connectivity index (χ0) is 9.30. The molecule has 0 saturated carbocycles. The van der Waals surface area contributed by atoms with Gasteiger partial charge in [-0.15, -0.1) is 0 Å². The van der Waals surface area contributed by atoms with Gasteiger partial charge in [-0.25, -0.2) is 0 Å². The van der Waals surface area contributed by atoms with Gasteiger partial charge in [0.1, 0.15) is 0 Å². The summed E-state index contributed by atoms with van der Waals surface area (Å²) in [5.41, 5.74) is 1.32. The van der Waals surface area contributed by atoms with E-state index >= 15 is 0 Å². The van der Waals surface area contributed by atoms with Gasteiger partial charge >= 0.3 is 0 Å². The smallest absolute Gasteiger partial charge is 0.0397 e. The van der Waals surface area contributed by atoms with E-state index in [-0.39, 0.29) is 0 Å². The Morgan fingerprint density at radius 1 is 1.17 bits per heavy atom. The summed E-state index contributed by atoms with van der Waals surface area (Å²) in [4.78, 5) is 0. The van der Waals surface area contributed by atoms with Crippen LogP contribution >= 0.6 is 67.8 Å². The van der Waals surface area contributed by atoms with E-state index in [9.17, 15) is 0 Å². The molecule has 1 atom stereocenters. The standard InChI is InChI=1S/C9H8I3/c1-5(2)6-3-7(10)9(12)8(11)4-6/h3-5H,1H2,2H3. The molecule has 1 aromatic carbocycles. The van der Waals surface area contributed by atoms with Crippen LogP contribution in [-0.4, -0.2) is 0 Å². The molecule has 1 aromatic rings. The van der Waals surface area contributed by atoms with E-state index in [1.807, 2.05) is 0 Å². The van der Waals surface area contributed by atoms with Crippen LogP contribution in [0.5, 0.6) is 0 Å². The third-order valence-corrected chi connectivity index (χ3v) is 6.50. The molecule has 0 bridgehead atoms. The summed E-state index contributed by atoms with van der Waals surface area (Å²) in [6.07, 6.45) is 0. The van der Waals surface area contributed by atoms with Gasteiger partial charge in [-0.05, 0) is 98.3 Å². The van der Waals surface area contributed by atoms with Crippen molar-refractivity contribution in [1.82, 2.24) is 0 Å². The van der Waals surface area contributed by atoms with E-state index < -0.39 is 0 Å². The highest BCUT2D eigenvalue weighted by Crippen LogP contribution is 2.26. The fourth-order valence-corrected chi connectivity index (χ4v) is 2.99. The van der Waals surface area contributed by atoms with Gasteiger partial charge in [0.05, 0.1) is 0 Å². The second-order valence-corrected chi connectivity index (χ2v) is 6.10. The molecule has 12 heavy (non-hydrogen) atoms. The van der Waals surface area contributed by atoms with Crippen molar-refractivity contribution in [3.05, 3.63) is 35.3 Å². The Hall–Kier alpha value is 1.41. The van der Waals surface area contributed by atoms with Gasteiger partial charge in [0.25, 0.3) is 0 Å². The highest BCUT2D eigenvalue weighted by Gasteiger charge is 2.06. The summed E-state index contributed by atoms with van der Waals surface area (Å²) in [6.45, 7) is 6.13. The van der Waals surface area contributed by atoms with Crippen LogP contribution in [0.1, 0.15) is 18.4 Å². The molecule has 1 radical (unpaired) electrons. The Labute approximate surface area is 114 Å². The molecule has 0 fully saturated rings. The minimum absolute atomic E-state index is 0.379. The zero-order valence-electron chi connectivity index (χ0n) is 6.57. The number of hydrogen-bond acceptors (Lipinski definition) is 0. The quantitative estimate of drug-likeness (QED) is 0.398. The first-order valence-corrected chi connectivity index (χ1v) is 6.73. The lowest BCUT2D eigenvalue weighted by Crippen LogP contribution is -1.93. The molecule has 1 rings (SSSR count). The van der Waals surface area contributed by atoms with Gasteiger partial charge in [0.15, 0.2) is 0 Å². The topological polar surface area (TPSA) is 0 Å². The highest BCUT2D eigenvalue weighted by molar-refractivity contribution is 14.1. The Morgan fingerprint density at radius 3 is 1.92 bits per heavy atom. The van der Waals surface area contributed by atoms with Crippen LogP contribution in [0.4, 0.5) is 0 Å². The average Bonchev–Trinajstić information content (AvgIpc) is 1.99. The van der Waals surface area contributed by atoms with Crippen molar-refractivity contribution >= 4 is 67.8 Å². The van der Waals surface area contributed by atoms with E-state index in [0.29, 0.717) is 5.92 Å². The molecule has 3 heteroatoms. The molecule has 0 saturated heterocycles. The van der Waals surface area contributed by atoms with Crippen molar-refractivity contribution in [1.29, 1.82) is 0 Å². The first-order chi connectivity index (χ1) is 5.52. The minimum atomic E-state index is 0.379. The lowest BCUT2D eigenvalue weighted by molar-refractivity contribution is 0.959. The van der Waals surface area contributed by atoms with Crippen LogP contribution in [0.15, 0.2) is 12.1 Å². The predicted octanol–water partition coefficient (Wildman–Crippen LogP) is 4.44. The van der Waals surface area contributed by atoms with E-state index in [0.717, 1.165) is 0 Å². The van der Waals surface area contributed by atoms with Gasteiger partial charge in [-0.2, -0.15) is 0 Å². The molecule has 0 nitrogen and oxygen atoms in total. The van der Waals surface area contributed by atoms with Crippen molar-refractivity contribution in [3.8, 4) is 0 Å². The van der Waals surface area contributed by atoms with Gasteiger partial charge in [0, 0.05) is 10.7 Å². The zero-order valence-corrected chi connectivity index (χ0v) is 13.0. The van der Waals surface area contributed by atoms with Crippen molar-refractivity contribution in [2.45, 2.75) is 12.8 Å². The molecular weight excluding hydrogens is 489 g/mol. The third kappa shape index (κ3) is 2.70. The normalized spacial score (nSPS) is 10.8.